The van der Waals surface area contributed by atoms with Crippen molar-refractivity contribution in [2.45, 2.75) is 25.4 Å². The van der Waals surface area contributed by atoms with E-state index in [1.165, 1.54) is 0 Å². The Balaban J connectivity index is 2.24. The number of methoxy groups -OCH3 is 2. The minimum Gasteiger partial charge on any atom is -0.497 e. The third-order valence-electron chi connectivity index (χ3n) is 3.65. The summed E-state index contributed by atoms with van der Waals surface area (Å²) in [5.41, 5.74) is 1.10. The fraction of sp³-hybridized carbons (Fsp3) is 0.571. The highest BCUT2D eigenvalue weighted by Crippen LogP contribution is 2.34. The molecule has 0 spiro atoms. The SMILES string of the molecule is COc1cc(Br)c(CN2CCCC2CO)c(OC)c1. The molecule has 0 saturated carbocycles. The van der Waals surface area contributed by atoms with Gasteiger partial charge in [-0.3, -0.25) is 4.90 Å². The van der Waals surface area contributed by atoms with Gasteiger partial charge in [-0.05, 0) is 25.5 Å². The molecule has 4 nitrogen and oxygen atoms in total. The van der Waals surface area contributed by atoms with Crippen LogP contribution in [0, 0.1) is 0 Å². The third kappa shape index (κ3) is 3.22. The minimum absolute atomic E-state index is 0.218. The number of nitrogens with zero attached hydrogens (tertiary/aromatic N) is 1. The first kappa shape index (κ1) is 14.6. The molecule has 1 heterocycles. The largest absolute Gasteiger partial charge is 0.497 e. The van der Waals surface area contributed by atoms with Crippen molar-refractivity contribution in [3.63, 3.8) is 0 Å². The fourth-order valence-corrected chi connectivity index (χ4v) is 3.10. The molecule has 19 heavy (non-hydrogen) atoms. The normalized spacial score (nSPS) is 19.7. The molecule has 1 saturated heterocycles. The summed E-state index contributed by atoms with van der Waals surface area (Å²) in [5, 5.41) is 9.39. The lowest BCUT2D eigenvalue weighted by Gasteiger charge is -2.24. The van der Waals surface area contributed by atoms with Gasteiger partial charge in [0.2, 0.25) is 0 Å². The second kappa shape index (κ2) is 6.59. The van der Waals surface area contributed by atoms with Gasteiger partial charge in [0.15, 0.2) is 0 Å². The van der Waals surface area contributed by atoms with E-state index < -0.39 is 0 Å². The number of ether oxygens (including phenoxy) is 2. The Bertz CT molecular complexity index is 439. The lowest BCUT2D eigenvalue weighted by molar-refractivity contribution is 0.152. The molecule has 106 valence electrons. The van der Waals surface area contributed by atoms with Crippen molar-refractivity contribution < 1.29 is 14.6 Å². The van der Waals surface area contributed by atoms with Crippen molar-refractivity contribution in [1.29, 1.82) is 0 Å². The Hall–Kier alpha value is -0.780. The number of aliphatic hydroxyl groups is 1. The molecule has 1 aliphatic heterocycles. The third-order valence-corrected chi connectivity index (χ3v) is 4.36. The molecule has 0 aliphatic carbocycles. The van der Waals surface area contributed by atoms with Crippen LogP contribution < -0.4 is 9.47 Å². The molecule has 1 unspecified atom stereocenters. The van der Waals surface area contributed by atoms with E-state index in [0.29, 0.717) is 0 Å². The van der Waals surface area contributed by atoms with Crippen LogP contribution in [0.3, 0.4) is 0 Å². The molecule has 1 N–H and O–H groups in total. The second-order valence-corrected chi connectivity index (χ2v) is 5.59. The summed E-state index contributed by atoms with van der Waals surface area (Å²) in [4.78, 5) is 2.30. The topological polar surface area (TPSA) is 41.9 Å². The minimum atomic E-state index is 0.218. The van der Waals surface area contributed by atoms with Crippen molar-refractivity contribution in [2.75, 3.05) is 27.4 Å². The van der Waals surface area contributed by atoms with E-state index in [1.807, 2.05) is 12.1 Å². The summed E-state index contributed by atoms with van der Waals surface area (Å²) in [6.45, 7) is 2.02. The van der Waals surface area contributed by atoms with Crippen LogP contribution in [0.4, 0.5) is 0 Å². The molecule has 2 rings (SSSR count). The van der Waals surface area contributed by atoms with Gasteiger partial charge in [-0.15, -0.1) is 0 Å². The molecule has 0 radical (unpaired) electrons. The summed E-state index contributed by atoms with van der Waals surface area (Å²) in [7, 11) is 3.31. The van der Waals surface area contributed by atoms with Crippen LogP contribution in [0.1, 0.15) is 18.4 Å². The van der Waals surface area contributed by atoms with E-state index in [4.69, 9.17) is 9.47 Å². The molecule has 1 aromatic carbocycles. The van der Waals surface area contributed by atoms with E-state index >= 15 is 0 Å². The monoisotopic (exact) mass is 329 g/mol. The quantitative estimate of drug-likeness (QED) is 0.900. The van der Waals surface area contributed by atoms with Crippen LogP contribution in [0.25, 0.3) is 0 Å². The number of halogens is 1. The lowest BCUT2D eigenvalue weighted by atomic mass is 10.1. The molecule has 0 bridgehead atoms. The highest BCUT2D eigenvalue weighted by atomic mass is 79.9. The van der Waals surface area contributed by atoms with Crippen LogP contribution in [-0.2, 0) is 6.54 Å². The van der Waals surface area contributed by atoms with Gasteiger partial charge in [0.05, 0.1) is 20.8 Å². The Labute approximate surface area is 122 Å². The van der Waals surface area contributed by atoms with Gasteiger partial charge in [0.25, 0.3) is 0 Å². The molecule has 5 heteroatoms. The zero-order valence-electron chi connectivity index (χ0n) is 11.4. The van der Waals surface area contributed by atoms with Crippen LogP contribution in [-0.4, -0.2) is 43.4 Å². The van der Waals surface area contributed by atoms with Crippen molar-refractivity contribution in [2.24, 2.45) is 0 Å². The molecular weight excluding hydrogens is 310 g/mol. The van der Waals surface area contributed by atoms with E-state index in [9.17, 15) is 5.11 Å². The van der Waals surface area contributed by atoms with Gasteiger partial charge >= 0.3 is 0 Å². The van der Waals surface area contributed by atoms with Crippen LogP contribution in [0.15, 0.2) is 16.6 Å². The first-order chi connectivity index (χ1) is 9.19. The maximum atomic E-state index is 9.39. The molecular formula is C14H20BrNO3. The maximum Gasteiger partial charge on any atom is 0.128 e. The number of hydrogen-bond acceptors (Lipinski definition) is 4. The van der Waals surface area contributed by atoms with Gasteiger partial charge in [-0.25, -0.2) is 0 Å². The Morgan fingerprint density at radius 1 is 1.37 bits per heavy atom. The summed E-state index contributed by atoms with van der Waals surface area (Å²) >= 11 is 3.58. The van der Waals surface area contributed by atoms with E-state index in [0.717, 1.165) is 47.5 Å². The number of rotatable bonds is 5. The second-order valence-electron chi connectivity index (χ2n) is 4.74. The van der Waals surface area contributed by atoms with Crippen molar-refractivity contribution in [1.82, 2.24) is 4.90 Å². The average molecular weight is 330 g/mol. The predicted molar refractivity (Wildman–Crippen MR) is 77.8 cm³/mol. The number of hydrogen-bond donors (Lipinski definition) is 1. The zero-order chi connectivity index (χ0) is 13.8. The highest BCUT2D eigenvalue weighted by Gasteiger charge is 2.25. The van der Waals surface area contributed by atoms with Crippen LogP contribution in [0.5, 0.6) is 11.5 Å². The van der Waals surface area contributed by atoms with Crippen molar-refractivity contribution in [3.05, 3.63) is 22.2 Å². The number of aliphatic hydroxyl groups excluding tert-OH is 1. The average Bonchev–Trinajstić information content (AvgIpc) is 2.87. The summed E-state index contributed by atoms with van der Waals surface area (Å²) in [6, 6.07) is 4.10. The first-order valence-electron chi connectivity index (χ1n) is 6.45. The van der Waals surface area contributed by atoms with Gasteiger partial charge in [-0.2, -0.15) is 0 Å². The molecule has 0 amide bonds. The van der Waals surface area contributed by atoms with Crippen LogP contribution >= 0.6 is 15.9 Å². The van der Waals surface area contributed by atoms with E-state index in [-0.39, 0.29) is 12.6 Å². The standard InChI is InChI=1S/C14H20BrNO3/c1-18-11-6-13(15)12(14(7-11)19-2)8-16-5-3-4-10(16)9-17/h6-7,10,17H,3-5,8-9H2,1-2H3. The molecule has 0 aromatic heterocycles. The number of likely N-dealkylation sites (tertiary alicyclic amines) is 1. The van der Waals surface area contributed by atoms with Gasteiger partial charge < -0.3 is 14.6 Å². The van der Waals surface area contributed by atoms with Gasteiger partial charge in [0, 0.05) is 28.7 Å². The van der Waals surface area contributed by atoms with Crippen molar-refractivity contribution >= 4 is 15.9 Å². The van der Waals surface area contributed by atoms with Crippen molar-refractivity contribution in [3.8, 4) is 11.5 Å². The highest BCUT2D eigenvalue weighted by molar-refractivity contribution is 9.10. The summed E-state index contributed by atoms with van der Waals surface area (Å²) in [5.74, 6) is 1.59. The zero-order valence-corrected chi connectivity index (χ0v) is 12.9. The van der Waals surface area contributed by atoms with E-state index in [1.54, 1.807) is 14.2 Å². The summed E-state index contributed by atoms with van der Waals surface area (Å²) in [6.07, 6.45) is 2.20. The fourth-order valence-electron chi connectivity index (χ4n) is 2.55. The molecule has 1 fully saturated rings. The smallest absolute Gasteiger partial charge is 0.128 e. The summed E-state index contributed by atoms with van der Waals surface area (Å²) < 4.78 is 11.7. The Morgan fingerprint density at radius 2 is 2.16 bits per heavy atom. The van der Waals surface area contributed by atoms with Gasteiger partial charge in [-0.1, -0.05) is 15.9 Å². The van der Waals surface area contributed by atoms with Gasteiger partial charge in [0.1, 0.15) is 11.5 Å². The number of benzene rings is 1. The molecule has 1 atom stereocenters. The molecule has 1 aromatic rings. The predicted octanol–water partition coefficient (Wildman–Crippen LogP) is 2.42. The lowest BCUT2D eigenvalue weighted by Crippen LogP contribution is -2.31. The Morgan fingerprint density at radius 3 is 2.79 bits per heavy atom. The van der Waals surface area contributed by atoms with E-state index in [2.05, 4.69) is 20.8 Å². The first-order valence-corrected chi connectivity index (χ1v) is 7.24. The molecule has 1 aliphatic rings. The Kier molecular flexibility index (Phi) is 5.07. The maximum absolute atomic E-state index is 9.39. The van der Waals surface area contributed by atoms with Crippen LogP contribution in [0.2, 0.25) is 0 Å².